The molecular formula is C16H15FO2. The molecule has 0 radical (unpaired) electrons. The predicted molar refractivity (Wildman–Crippen MR) is 72.1 cm³/mol. The van der Waals surface area contributed by atoms with Crippen molar-refractivity contribution in [3.05, 3.63) is 65.0 Å². The maximum Gasteiger partial charge on any atom is 0.200 e. The second-order valence-electron chi connectivity index (χ2n) is 4.46. The van der Waals surface area contributed by atoms with E-state index in [0.29, 0.717) is 11.3 Å². The van der Waals surface area contributed by atoms with Crippen LogP contribution in [-0.4, -0.2) is 12.4 Å². The van der Waals surface area contributed by atoms with Gasteiger partial charge in [-0.15, -0.1) is 0 Å². The highest BCUT2D eigenvalue weighted by Crippen LogP contribution is 2.16. The Morgan fingerprint density at radius 3 is 2.37 bits per heavy atom. The van der Waals surface area contributed by atoms with E-state index in [1.54, 1.807) is 0 Å². The third kappa shape index (κ3) is 3.41. The molecule has 0 unspecified atom stereocenters. The molecule has 0 saturated heterocycles. The molecule has 0 amide bonds. The molecule has 0 fully saturated rings. The van der Waals surface area contributed by atoms with Gasteiger partial charge in [0.1, 0.15) is 11.6 Å². The van der Waals surface area contributed by atoms with Crippen LogP contribution in [0.5, 0.6) is 5.75 Å². The van der Waals surface area contributed by atoms with Crippen LogP contribution in [0.3, 0.4) is 0 Å². The van der Waals surface area contributed by atoms with E-state index in [-0.39, 0.29) is 18.2 Å². The number of benzene rings is 2. The van der Waals surface area contributed by atoms with E-state index in [9.17, 15) is 9.18 Å². The highest BCUT2D eigenvalue weighted by Gasteiger charge is 2.07. The molecule has 2 aromatic carbocycles. The zero-order valence-electron chi connectivity index (χ0n) is 10.9. The monoisotopic (exact) mass is 258 g/mol. The van der Waals surface area contributed by atoms with Gasteiger partial charge in [0.2, 0.25) is 0 Å². The minimum absolute atomic E-state index is 0.0475. The number of ketones is 1. The second-order valence-corrected chi connectivity index (χ2v) is 4.46. The fourth-order valence-electron chi connectivity index (χ4n) is 1.67. The first kappa shape index (κ1) is 13.3. The second kappa shape index (κ2) is 5.65. The molecule has 19 heavy (non-hydrogen) atoms. The van der Waals surface area contributed by atoms with E-state index in [4.69, 9.17) is 4.74 Å². The van der Waals surface area contributed by atoms with Crippen molar-refractivity contribution < 1.29 is 13.9 Å². The Morgan fingerprint density at radius 2 is 1.74 bits per heavy atom. The van der Waals surface area contributed by atoms with Gasteiger partial charge in [-0.1, -0.05) is 6.07 Å². The molecule has 2 nitrogen and oxygen atoms in total. The quantitative estimate of drug-likeness (QED) is 0.781. The topological polar surface area (TPSA) is 26.3 Å². The summed E-state index contributed by atoms with van der Waals surface area (Å²) in [4.78, 5) is 11.8. The van der Waals surface area contributed by atoms with Crippen LogP contribution in [-0.2, 0) is 0 Å². The van der Waals surface area contributed by atoms with Crippen molar-refractivity contribution in [2.45, 2.75) is 13.8 Å². The van der Waals surface area contributed by atoms with Gasteiger partial charge in [0, 0.05) is 5.56 Å². The lowest BCUT2D eigenvalue weighted by Crippen LogP contribution is -2.11. The van der Waals surface area contributed by atoms with Gasteiger partial charge in [-0.05, 0) is 61.4 Å². The van der Waals surface area contributed by atoms with E-state index in [0.717, 1.165) is 5.56 Å². The van der Waals surface area contributed by atoms with Crippen molar-refractivity contribution in [2.75, 3.05) is 6.61 Å². The molecule has 0 bridgehead atoms. The van der Waals surface area contributed by atoms with Crippen molar-refractivity contribution in [2.24, 2.45) is 0 Å². The fourth-order valence-corrected chi connectivity index (χ4v) is 1.67. The maximum absolute atomic E-state index is 12.7. The molecule has 0 heterocycles. The third-order valence-corrected chi connectivity index (χ3v) is 3.01. The lowest BCUT2D eigenvalue weighted by molar-refractivity contribution is 0.0921. The number of carbonyl (C=O) groups is 1. The first-order valence-electron chi connectivity index (χ1n) is 6.05. The number of carbonyl (C=O) groups excluding carboxylic acids is 1. The Morgan fingerprint density at radius 1 is 1.05 bits per heavy atom. The maximum atomic E-state index is 12.7. The van der Waals surface area contributed by atoms with Crippen molar-refractivity contribution in [1.82, 2.24) is 0 Å². The van der Waals surface area contributed by atoms with Crippen molar-refractivity contribution in [1.29, 1.82) is 0 Å². The summed E-state index contributed by atoms with van der Waals surface area (Å²) in [5, 5.41) is 0. The zero-order chi connectivity index (χ0) is 13.8. The van der Waals surface area contributed by atoms with Crippen LogP contribution in [0.15, 0.2) is 42.5 Å². The predicted octanol–water partition coefficient (Wildman–Crippen LogP) is 3.70. The number of hydrogen-bond donors (Lipinski definition) is 0. The van der Waals surface area contributed by atoms with E-state index < -0.39 is 0 Å². The van der Waals surface area contributed by atoms with Gasteiger partial charge >= 0.3 is 0 Å². The van der Waals surface area contributed by atoms with Crippen LogP contribution < -0.4 is 4.74 Å². The van der Waals surface area contributed by atoms with Crippen molar-refractivity contribution in [3.8, 4) is 5.75 Å². The van der Waals surface area contributed by atoms with Gasteiger partial charge < -0.3 is 4.74 Å². The lowest BCUT2D eigenvalue weighted by atomic mass is 10.1. The third-order valence-electron chi connectivity index (χ3n) is 3.01. The number of aryl methyl sites for hydroxylation is 2. The molecule has 3 heteroatoms. The molecule has 2 aromatic rings. The Balaban J connectivity index is 2.00. The highest BCUT2D eigenvalue weighted by atomic mass is 19.1. The lowest BCUT2D eigenvalue weighted by Gasteiger charge is -2.07. The SMILES string of the molecule is Cc1ccc(OCC(=O)c2ccc(F)cc2)cc1C. The number of Topliss-reactive ketones (excluding diaryl/α,β-unsaturated/α-hetero) is 1. The number of hydrogen-bond acceptors (Lipinski definition) is 2. The summed E-state index contributed by atoms with van der Waals surface area (Å²) >= 11 is 0. The first-order chi connectivity index (χ1) is 9.06. The molecule has 98 valence electrons. The Labute approximate surface area is 111 Å². The van der Waals surface area contributed by atoms with Crippen LogP contribution in [0.25, 0.3) is 0 Å². The number of halogens is 1. The van der Waals surface area contributed by atoms with Gasteiger partial charge in [0.15, 0.2) is 12.4 Å². The molecule has 0 aliphatic rings. The Hall–Kier alpha value is -2.16. The molecule has 2 rings (SSSR count). The highest BCUT2D eigenvalue weighted by molar-refractivity contribution is 5.97. The summed E-state index contributed by atoms with van der Waals surface area (Å²) in [6.07, 6.45) is 0. The van der Waals surface area contributed by atoms with Gasteiger partial charge in [0.25, 0.3) is 0 Å². The number of ether oxygens (including phenoxy) is 1. The normalized spacial score (nSPS) is 10.3. The van der Waals surface area contributed by atoms with Crippen LogP contribution in [0, 0.1) is 19.7 Å². The van der Waals surface area contributed by atoms with E-state index >= 15 is 0 Å². The molecule has 0 N–H and O–H groups in total. The zero-order valence-corrected chi connectivity index (χ0v) is 10.9. The van der Waals surface area contributed by atoms with Crippen LogP contribution in [0.2, 0.25) is 0 Å². The molecule has 0 aliphatic carbocycles. The molecule has 0 aromatic heterocycles. The Kier molecular flexibility index (Phi) is 3.95. The van der Waals surface area contributed by atoms with E-state index in [2.05, 4.69) is 0 Å². The summed E-state index contributed by atoms with van der Waals surface area (Å²) < 4.78 is 18.2. The standard InChI is InChI=1S/C16H15FO2/c1-11-3-8-15(9-12(11)2)19-10-16(18)13-4-6-14(17)7-5-13/h3-9H,10H2,1-2H3. The largest absolute Gasteiger partial charge is 0.485 e. The van der Waals surface area contributed by atoms with Gasteiger partial charge in [-0.3, -0.25) is 4.79 Å². The smallest absolute Gasteiger partial charge is 0.200 e. The van der Waals surface area contributed by atoms with E-state index in [1.807, 2.05) is 32.0 Å². The van der Waals surface area contributed by atoms with Crippen molar-refractivity contribution >= 4 is 5.78 Å². The minimum atomic E-state index is -0.355. The molecule has 0 saturated carbocycles. The van der Waals surface area contributed by atoms with Crippen LogP contribution in [0.1, 0.15) is 21.5 Å². The molecule has 0 atom stereocenters. The molecular weight excluding hydrogens is 243 g/mol. The minimum Gasteiger partial charge on any atom is -0.485 e. The summed E-state index contributed by atoms with van der Waals surface area (Å²) in [5.74, 6) is 0.142. The average Bonchev–Trinajstić information content (AvgIpc) is 2.40. The van der Waals surface area contributed by atoms with E-state index in [1.165, 1.54) is 29.8 Å². The summed E-state index contributed by atoms with van der Waals surface area (Å²) in [6, 6.07) is 11.1. The van der Waals surface area contributed by atoms with Gasteiger partial charge in [-0.2, -0.15) is 0 Å². The Bertz CT molecular complexity index is 588. The molecule has 0 aliphatic heterocycles. The summed E-state index contributed by atoms with van der Waals surface area (Å²) in [5.41, 5.74) is 2.74. The van der Waals surface area contributed by atoms with Crippen LogP contribution in [0.4, 0.5) is 4.39 Å². The van der Waals surface area contributed by atoms with Gasteiger partial charge in [0.05, 0.1) is 0 Å². The van der Waals surface area contributed by atoms with Gasteiger partial charge in [-0.25, -0.2) is 4.39 Å². The first-order valence-corrected chi connectivity index (χ1v) is 6.05. The summed E-state index contributed by atoms with van der Waals surface area (Å²) in [7, 11) is 0. The average molecular weight is 258 g/mol. The van der Waals surface area contributed by atoms with Crippen molar-refractivity contribution in [3.63, 3.8) is 0 Å². The van der Waals surface area contributed by atoms with Crippen LogP contribution >= 0.6 is 0 Å². The molecule has 0 spiro atoms. The number of rotatable bonds is 4. The fraction of sp³-hybridized carbons (Fsp3) is 0.188. The summed E-state index contributed by atoms with van der Waals surface area (Å²) in [6.45, 7) is 3.96.